The molecule has 2 aromatic rings. The number of ether oxygens (including phenoxy) is 2. The molecule has 3 N–H and O–H groups in total. The quantitative estimate of drug-likeness (QED) is 0.467. The summed E-state index contributed by atoms with van der Waals surface area (Å²) in [7, 11) is 2.53. The number of anilines is 2. The van der Waals surface area contributed by atoms with Crippen LogP contribution in [0.4, 0.5) is 32.6 Å². The Morgan fingerprint density at radius 2 is 1.21 bits per heavy atom. The third-order valence-electron chi connectivity index (χ3n) is 3.20. The Labute approximate surface area is 161 Å². The highest BCUT2D eigenvalue weighted by Crippen LogP contribution is 2.26. The van der Waals surface area contributed by atoms with Gasteiger partial charge >= 0.3 is 23.4 Å². The standard InChI is InChI=1S/C14H13N7O8/c1-28-9-5-3-7(20(24)25)11(15-9)17-13(22)19-14(23)18-12-8(21(26)27)4-6-10(16-12)29-2/h3-6H,1-2H3,(H3,15,16,17,18,19,22,23). The molecule has 2 aromatic heterocycles. The van der Waals surface area contributed by atoms with E-state index in [-0.39, 0.29) is 11.8 Å². The number of methoxy groups -OCH3 is 2. The number of rotatable bonds is 6. The molecule has 0 bridgehead atoms. The summed E-state index contributed by atoms with van der Waals surface area (Å²) in [5.74, 6) is -1.01. The van der Waals surface area contributed by atoms with Crippen molar-refractivity contribution in [1.29, 1.82) is 0 Å². The van der Waals surface area contributed by atoms with Gasteiger partial charge in [0.15, 0.2) is 0 Å². The molecule has 0 spiro atoms. The van der Waals surface area contributed by atoms with Crippen molar-refractivity contribution in [2.24, 2.45) is 0 Å². The van der Waals surface area contributed by atoms with Crippen LogP contribution < -0.4 is 25.4 Å². The van der Waals surface area contributed by atoms with E-state index in [4.69, 9.17) is 9.47 Å². The fourth-order valence-electron chi connectivity index (χ4n) is 1.95. The highest BCUT2D eigenvalue weighted by molar-refractivity contribution is 6.05. The van der Waals surface area contributed by atoms with Gasteiger partial charge < -0.3 is 9.47 Å². The largest absolute Gasteiger partial charge is 0.481 e. The number of hydrogen-bond acceptors (Lipinski definition) is 10. The van der Waals surface area contributed by atoms with Gasteiger partial charge in [0.2, 0.25) is 23.4 Å². The van der Waals surface area contributed by atoms with E-state index < -0.39 is 44.9 Å². The zero-order valence-corrected chi connectivity index (χ0v) is 14.9. The van der Waals surface area contributed by atoms with E-state index in [1.165, 1.54) is 26.4 Å². The summed E-state index contributed by atoms with van der Waals surface area (Å²) in [5, 5.41) is 27.9. The number of aromatic nitrogens is 2. The van der Waals surface area contributed by atoms with Crippen molar-refractivity contribution in [3.05, 3.63) is 44.5 Å². The van der Waals surface area contributed by atoms with Gasteiger partial charge in [0.05, 0.1) is 24.1 Å². The lowest BCUT2D eigenvalue weighted by Crippen LogP contribution is -2.38. The fourth-order valence-corrected chi connectivity index (χ4v) is 1.95. The molecule has 0 unspecified atom stereocenters. The molecular weight excluding hydrogens is 394 g/mol. The van der Waals surface area contributed by atoms with Crippen molar-refractivity contribution in [2.45, 2.75) is 0 Å². The average Bonchev–Trinajstić information content (AvgIpc) is 2.66. The molecule has 2 heterocycles. The molecular formula is C14H13N7O8. The van der Waals surface area contributed by atoms with Gasteiger partial charge in [-0.15, -0.1) is 0 Å². The van der Waals surface area contributed by atoms with Gasteiger partial charge in [-0.05, 0) is 0 Å². The molecule has 0 aliphatic carbocycles. The van der Waals surface area contributed by atoms with Crippen LogP contribution in [0.2, 0.25) is 0 Å². The molecule has 0 aromatic carbocycles. The summed E-state index contributed by atoms with van der Waals surface area (Å²) in [6.07, 6.45) is 0. The zero-order chi connectivity index (χ0) is 21.6. The lowest BCUT2D eigenvalue weighted by Gasteiger charge is -2.09. The monoisotopic (exact) mass is 407 g/mol. The Kier molecular flexibility index (Phi) is 6.36. The predicted octanol–water partition coefficient (Wildman–Crippen LogP) is 1.66. The number of nitro groups is 2. The molecule has 29 heavy (non-hydrogen) atoms. The summed E-state index contributed by atoms with van der Waals surface area (Å²) in [6, 6.07) is 2.12. The van der Waals surface area contributed by atoms with Crippen LogP contribution in [0.25, 0.3) is 0 Å². The zero-order valence-electron chi connectivity index (χ0n) is 14.9. The van der Waals surface area contributed by atoms with Crippen LogP contribution in [0.15, 0.2) is 24.3 Å². The Morgan fingerprint density at radius 1 is 0.828 bits per heavy atom. The highest BCUT2D eigenvalue weighted by Gasteiger charge is 2.22. The first-order chi connectivity index (χ1) is 13.7. The van der Waals surface area contributed by atoms with Gasteiger partial charge in [0, 0.05) is 24.3 Å². The van der Waals surface area contributed by atoms with Crippen molar-refractivity contribution < 1.29 is 28.9 Å². The lowest BCUT2D eigenvalue weighted by molar-refractivity contribution is -0.384. The number of hydrogen-bond donors (Lipinski definition) is 3. The minimum atomic E-state index is -1.20. The maximum absolute atomic E-state index is 12.0. The first-order valence-electron chi connectivity index (χ1n) is 7.53. The number of nitrogens with one attached hydrogen (secondary N) is 3. The second-order valence-corrected chi connectivity index (χ2v) is 4.99. The average molecular weight is 407 g/mol. The van der Waals surface area contributed by atoms with Crippen LogP contribution in [0.3, 0.4) is 0 Å². The van der Waals surface area contributed by atoms with Crippen LogP contribution in [0.5, 0.6) is 11.8 Å². The summed E-state index contributed by atoms with van der Waals surface area (Å²) in [4.78, 5) is 51.8. The van der Waals surface area contributed by atoms with Crippen LogP contribution in [0, 0.1) is 20.2 Å². The molecule has 0 fully saturated rings. The van der Waals surface area contributed by atoms with Gasteiger partial charge in [0.1, 0.15) is 0 Å². The van der Waals surface area contributed by atoms with E-state index in [1.807, 2.05) is 10.6 Å². The number of amides is 4. The first kappa shape index (κ1) is 20.7. The molecule has 15 nitrogen and oxygen atoms in total. The van der Waals surface area contributed by atoms with E-state index in [1.54, 1.807) is 5.32 Å². The summed E-state index contributed by atoms with van der Waals surface area (Å²) >= 11 is 0. The molecule has 2 rings (SSSR count). The third kappa shape index (κ3) is 5.22. The summed E-state index contributed by atoms with van der Waals surface area (Å²) < 4.78 is 9.64. The van der Waals surface area contributed by atoms with Gasteiger partial charge in [-0.25, -0.2) is 9.59 Å². The topological polar surface area (TPSA) is 201 Å². The Morgan fingerprint density at radius 3 is 1.52 bits per heavy atom. The summed E-state index contributed by atoms with van der Waals surface area (Å²) in [6.45, 7) is 0. The minimum Gasteiger partial charge on any atom is -0.481 e. The Balaban J connectivity index is 2.14. The van der Waals surface area contributed by atoms with Crippen molar-refractivity contribution >= 4 is 35.1 Å². The van der Waals surface area contributed by atoms with Gasteiger partial charge in [-0.3, -0.25) is 36.2 Å². The summed E-state index contributed by atoms with van der Waals surface area (Å²) in [5.41, 5.74) is -1.10. The molecule has 152 valence electrons. The number of pyridine rings is 2. The van der Waals surface area contributed by atoms with Gasteiger partial charge in [0.25, 0.3) is 0 Å². The van der Waals surface area contributed by atoms with E-state index in [0.717, 1.165) is 12.1 Å². The number of nitrogens with zero attached hydrogens (tertiary/aromatic N) is 4. The number of carbonyl (C=O) groups excluding carboxylic acids is 2. The molecule has 0 aliphatic heterocycles. The minimum absolute atomic E-state index is 0.0217. The smallest absolute Gasteiger partial charge is 0.328 e. The van der Waals surface area contributed by atoms with Crippen LogP contribution >= 0.6 is 0 Å². The lowest BCUT2D eigenvalue weighted by atomic mass is 10.4. The molecule has 0 saturated heterocycles. The van der Waals surface area contributed by atoms with Crippen molar-refractivity contribution in [3.63, 3.8) is 0 Å². The molecule has 0 saturated carbocycles. The molecule has 0 atom stereocenters. The maximum Gasteiger partial charge on any atom is 0.328 e. The number of carbonyl (C=O) groups is 2. The van der Waals surface area contributed by atoms with Gasteiger partial charge in [-0.1, -0.05) is 0 Å². The van der Waals surface area contributed by atoms with Crippen molar-refractivity contribution in [2.75, 3.05) is 24.9 Å². The van der Waals surface area contributed by atoms with E-state index in [0.29, 0.717) is 0 Å². The van der Waals surface area contributed by atoms with Crippen LogP contribution in [-0.4, -0.2) is 46.1 Å². The van der Waals surface area contributed by atoms with Gasteiger partial charge in [-0.2, -0.15) is 9.97 Å². The highest BCUT2D eigenvalue weighted by atomic mass is 16.6. The SMILES string of the molecule is COc1ccc([N+](=O)[O-])c(NC(=O)NC(=O)Nc2nc(OC)ccc2[N+](=O)[O-])n1. The predicted molar refractivity (Wildman–Crippen MR) is 96.1 cm³/mol. The Hall–Kier alpha value is -4.56. The molecule has 15 heteroatoms. The van der Waals surface area contributed by atoms with Crippen LogP contribution in [-0.2, 0) is 0 Å². The molecule has 0 aliphatic rings. The number of imide groups is 1. The molecule has 0 radical (unpaired) electrons. The van der Waals surface area contributed by atoms with Crippen molar-refractivity contribution in [3.8, 4) is 11.8 Å². The van der Waals surface area contributed by atoms with Crippen LogP contribution in [0.1, 0.15) is 0 Å². The third-order valence-corrected chi connectivity index (χ3v) is 3.20. The van der Waals surface area contributed by atoms with E-state index >= 15 is 0 Å². The van der Waals surface area contributed by atoms with Crippen molar-refractivity contribution in [1.82, 2.24) is 15.3 Å². The van der Waals surface area contributed by atoms with E-state index in [9.17, 15) is 29.8 Å². The second kappa shape index (κ2) is 8.89. The first-order valence-corrected chi connectivity index (χ1v) is 7.53. The molecule has 4 amide bonds. The maximum atomic E-state index is 12.0. The normalized spacial score (nSPS) is 9.86. The number of urea groups is 2. The second-order valence-electron chi connectivity index (χ2n) is 4.99. The fraction of sp³-hybridized carbons (Fsp3) is 0.143. The Bertz CT molecular complexity index is 903. The van der Waals surface area contributed by atoms with E-state index in [2.05, 4.69) is 9.97 Å².